The number of fused-ring (bicyclic) bond motifs is 1. The molecule has 138 valence electrons. The van der Waals surface area contributed by atoms with Crippen LogP contribution in [0, 0.1) is 11.3 Å². The van der Waals surface area contributed by atoms with Gasteiger partial charge in [-0.25, -0.2) is 0 Å². The van der Waals surface area contributed by atoms with Crippen LogP contribution in [0.15, 0.2) is 36.4 Å². The molecule has 27 heavy (non-hydrogen) atoms. The summed E-state index contributed by atoms with van der Waals surface area (Å²) in [5, 5.41) is 9.90. The Bertz CT molecular complexity index is 916. The third-order valence-electron chi connectivity index (χ3n) is 5.57. The van der Waals surface area contributed by atoms with Gasteiger partial charge in [-0.05, 0) is 51.0 Å². The van der Waals surface area contributed by atoms with Crippen LogP contribution < -0.4 is 14.9 Å². The molecule has 0 amide bonds. The van der Waals surface area contributed by atoms with E-state index < -0.39 is 18.3 Å². The van der Waals surface area contributed by atoms with Crippen molar-refractivity contribution in [3.63, 3.8) is 0 Å². The minimum absolute atomic E-state index is 0.461. The lowest BCUT2D eigenvalue weighted by Crippen LogP contribution is -2.41. The molecule has 1 saturated heterocycles. The van der Waals surface area contributed by atoms with E-state index in [0.29, 0.717) is 24.5 Å². The van der Waals surface area contributed by atoms with Crippen LogP contribution in [-0.4, -0.2) is 31.5 Å². The molecule has 0 aromatic heterocycles. The molecule has 0 unspecified atom stereocenters. The molecular formula is C21H22BNO4. The first kappa shape index (κ1) is 17.9. The van der Waals surface area contributed by atoms with Crippen LogP contribution in [0.3, 0.4) is 0 Å². The van der Waals surface area contributed by atoms with Crippen LogP contribution in [0.25, 0.3) is 11.1 Å². The van der Waals surface area contributed by atoms with Gasteiger partial charge in [0, 0.05) is 5.46 Å². The molecule has 0 atom stereocenters. The van der Waals surface area contributed by atoms with Crippen molar-refractivity contribution in [2.45, 2.75) is 38.9 Å². The maximum atomic E-state index is 9.90. The zero-order chi connectivity index (χ0) is 19.2. The van der Waals surface area contributed by atoms with E-state index in [1.54, 1.807) is 0 Å². The summed E-state index contributed by atoms with van der Waals surface area (Å²) >= 11 is 0. The summed E-state index contributed by atoms with van der Waals surface area (Å²) in [6.45, 7) is 9.09. The molecule has 5 nitrogen and oxygen atoms in total. The van der Waals surface area contributed by atoms with Gasteiger partial charge in [0.1, 0.15) is 13.2 Å². The summed E-state index contributed by atoms with van der Waals surface area (Å²) in [5.74, 6) is 1.43. The molecule has 2 aromatic rings. The number of hydrogen-bond donors (Lipinski definition) is 0. The number of hydrogen-bond acceptors (Lipinski definition) is 5. The van der Waals surface area contributed by atoms with E-state index in [0.717, 1.165) is 22.3 Å². The molecule has 4 rings (SSSR count). The number of nitrogens with zero attached hydrogens (tertiary/aromatic N) is 1. The minimum atomic E-state index is -0.582. The predicted molar refractivity (Wildman–Crippen MR) is 103 cm³/mol. The highest BCUT2D eigenvalue weighted by atomic mass is 16.7. The maximum absolute atomic E-state index is 9.90. The highest BCUT2D eigenvalue weighted by Crippen LogP contribution is 2.38. The van der Waals surface area contributed by atoms with Crippen molar-refractivity contribution in [3.05, 3.63) is 42.0 Å². The molecule has 2 aliphatic heterocycles. The van der Waals surface area contributed by atoms with E-state index in [9.17, 15) is 5.26 Å². The third-order valence-corrected chi connectivity index (χ3v) is 5.57. The van der Waals surface area contributed by atoms with E-state index in [2.05, 4.69) is 6.07 Å². The molecule has 2 heterocycles. The van der Waals surface area contributed by atoms with E-state index in [4.69, 9.17) is 18.8 Å². The first-order chi connectivity index (χ1) is 12.8. The molecule has 0 bridgehead atoms. The molecule has 0 radical (unpaired) electrons. The summed E-state index contributed by atoms with van der Waals surface area (Å²) in [5.41, 5.74) is 2.08. The summed E-state index contributed by atoms with van der Waals surface area (Å²) in [7, 11) is -0.582. The van der Waals surface area contributed by atoms with Crippen molar-refractivity contribution in [3.8, 4) is 28.7 Å². The first-order valence-corrected chi connectivity index (χ1v) is 9.11. The quantitative estimate of drug-likeness (QED) is 0.767. The van der Waals surface area contributed by atoms with Gasteiger partial charge in [0.15, 0.2) is 11.5 Å². The second-order valence-electron chi connectivity index (χ2n) is 7.83. The monoisotopic (exact) mass is 363 g/mol. The van der Waals surface area contributed by atoms with Crippen molar-refractivity contribution in [1.29, 1.82) is 5.26 Å². The topological polar surface area (TPSA) is 60.7 Å². The summed E-state index contributed by atoms with van der Waals surface area (Å²) < 4.78 is 23.6. The normalized spacial score (nSPS) is 19.6. The molecule has 0 N–H and O–H groups in total. The lowest BCUT2D eigenvalue weighted by Gasteiger charge is -2.32. The van der Waals surface area contributed by atoms with Gasteiger partial charge in [-0.1, -0.05) is 24.3 Å². The lowest BCUT2D eigenvalue weighted by molar-refractivity contribution is 0.00578. The molecular weight excluding hydrogens is 341 g/mol. The Hall–Kier alpha value is -2.49. The lowest BCUT2D eigenvalue weighted by atomic mass is 9.74. The van der Waals surface area contributed by atoms with E-state index in [1.807, 2.05) is 64.1 Å². The SMILES string of the molecule is CC1(C)OB(c2cccc(-c3ccc4c(c3)OCCO4)c2C#N)OC1(C)C. The zero-order valence-corrected chi connectivity index (χ0v) is 16.0. The molecule has 1 fully saturated rings. The molecule has 6 heteroatoms. The van der Waals surface area contributed by atoms with Crippen LogP contribution in [-0.2, 0) is 9.31 Å². The average Bonchev–Trinajstić information content (AvgIpc) is 2.88. The highest BCUT2D eigenvalue weighted by molar-refractivity contribution is 6.63. The maximum Gasteiger partial charge on any atom is 0.496 e. The number of ether oxygens (including phenoxy) is 2. The van der Waals surface area contributed by atoms with E-state index >= 15 is 0 Å². The van der Waals surface area contributed by atoms with Gasteiger partial charge < -0.3 is 18.8 Å². The van der Waals surface area contributed by atoms with Crippen LogP contribution in [0.5, 0.6) is 11.5 Å². The minimum Gasteiger partial charge on any atom is -0.486 e. The number of nitriles is 1. The standard InChI is InChI=1S/C21H22BNO4/c1-20(2)21(3,4)27-22(26-20)17-7-5-6-15(16(17)13-23)14-8-9-18-19(12-14)25-11-10-24-18/h5-9,12H,10-11H2,1-4H3. The van der Waals surface area contributed by atoms with Gasteiger partial charge in [-0.3, -0.25) is 0 Å². The number of benzene rings is 2. The fourth-order valence-corrected chi connectivity index (χ4v) is 3.31. The van der Waals surface area contributed by atoms with Crippen molar-refractivity contribution in [2.75, 3.05) is 13.2 Å². The summed E-state index contributed by atoms with van der Waals surface area (Å²) in [4.78, 5) is 0. The second-order valence-corrected chi connectivity index (χ2v) is 7.83. The van der Waals surface area contributed by atoms with Crippen molar-refractivity contribution >= 4 is 12.6 Å². The van der Waals surface area contributed by atoms with Crippen LogP contribution in [0.2, 0.25) is 0 Å². The van der Waals surface area contributed by atoms with Gasteiger partial charge in [0.25, 0.3) is 0 Å². The smallest absolute Gasteiger partial charge is 0.486 e. The Morgan fingerprint density at radius 2 is 1.59 bits per heavy atom. The van der Waals surface area contributed by atoms with Crippen LogP contribution >= 0.6 is 0 Å². The summed E-state index contributed by atoms with van der Waals surface area (Å²) in [6, 6.07) is 13.8. The largest absolute Gasteiger partial charge is 0.496 e. The van der Waals surface area contributed by atoms with Crippen molar-refractivity contribution < 1.29 is 18.8 Å². The fraction of sp³-hybridized carbons (Fsp3) is 0.381. The van der Waals surface area contributed by atoms with Gasteiger partial charge >= 0.3 is 7.12 Å². The molecule has 2 aliphatic rings. The van der Waals surface area contributed by atoms with Crippen LogP contribution in [0.1, 0.15) is 33.3 Å². The Labute approximate surface area is 160 Å². The Kier molecular flexibility index (Phi) is 4.17. The van der Waals surface area contributed by atoms with Gasteiger partial charge in [-0.2, -0.15) is 5.26 Å². The molecule has 0 spiro atoms. The molecule has 0 saturated carbocycles. The fourth-order valence-electron chi connectivity index (χ4n) is 3.31. The van der Waals surface area contributed by atoms with Gasteiger partial charge in [0.2, 0.25) is 0 Å². The molecule has 2 aromatic carbocycles. The first-order valence-electron chi connectivity index (χ1n) is 9.11. The van der Waals surface area contributed by atoms with Crippen LogP contribution in [0.4, 0.5) is 0 Å². The zero-order valence-electron chi connectivity index (χ0n) is 16.0. The Morgan fingerprint density at radius 1 is 0.926 bits per heavy atom. The Balaban J connectivity index is 1.77. The highest BCUT2D eigenvalue weighted by Gasteiger charge is 2.52. The third kappa shape index (κ3) is 2.97. The van der Waals surface area contributed by atoms with Crippen molar-refractivity contribution in [1.82, 2.24) is 0 Å². The Morgan fingerprint density at radius 3 is 2.26 bits per heavy atom. The summed E-state index contributed by atoms with van der Waals surface area (Å²) in [6.07, 6.45) is 0. The molecule has 0 aliphatic carbocycles. The van der Waals surface area contributed by atoms with Gasteiger partial charge in [-0.15, -0.1) is 0 Å². The van der Waals surface area contributed by atoms with Crippen molar-refractivity contribution in [2.24, 2.45) is 0 Å². The van der Waals surface area contributed by atoms with E-state index in [-0.39, 0.29) is 0 Å². The van der Waals surface area contributed by atoms with Gasteiger partial charge in [0.05, 0.1) is 22.8 Å². The van der Waals surface area contributed by atoms with E-state index in [1.165, 1.54) is 0 Å². The number of rotatable bonds is 2. The predicted octanol–water partition coefficient (Wildman–Crippen LogP) is 3.30. The average molecular weight is 363 g/mol. The second kappa shape index (κ2) is 6.30.